The summed E-state index contributed by atoms with van der Waals surface area (Å²) in [4.78, 5) is 24.7. The first kappa shape index (κ1) is 13.5. The molecule has 1 aliphatic heterocycles. The molecule has 19 heavy (non-hydrogen) atoms. The molecule has 102 valence electrons. The number of halogens is 1. The number of nitrogens with zero attached hydrogens (tertiary/aromatic N) is 1. The molecule has 1 aromatic rings. The average Bonchev–Trinajstić information content (AvgIpc) is 2.33. The fourth-order valence-corrected chi connectivity index (χ4v) is 1.94. The van der Waals surface area contributed by atoms with Crippen LogP contribution in [-0.2, 0) is 9.59 Å². The molecule has 1 fully saturated rings. The summed E-state index contributed by atoms with van der Waals surface area (Å²) in [7, 11) is 0. The monoisotopic (exact) mass is 265 g/mol. The smallest absolute Gasteiger partial charge is 0.238 e. The van der Waals surface area contributed by atoms with Crippen LogP contribution in [0.2, 0.25) is 0 Å². The molecule has 2 amide bonds. The molecule has 2 rings (SSSR count). The molecule has 1 saturated heterocycles. The maximum Gasteiger partial charge on any atom is 0.238 e. The first-order valence-electron chi connectivity index (χ1n) is 6.09. The van der Waals surface area contributed by atoms with Crippen LogP contribution in [0.3, 0.4) is 0 Å². The third-order valence-corrected chi connectivity index (χ3v) is 2.88. The van der Waals surface area contributed by atoms with E-state index >= 15 is 0 Å². The SMILES string of the molecule is Cc1ccc(NC(=O)CN2CCNC(=O)C2)c(F)c1. The molecule has 2 N–H and O–H groups in total. The lowest BCUT2D eigenvalue weighted by Crippen LogP contribution is -2.49. The Labute approximate surface area is 110 Å². The second kappa shape index (κ2) is 5.79. The average molecular weight is 265 g/mol. The summed E-state index contributed by atoms with van der Waals surface area (Å²) in [6.45, 7) is 3.21. The summed E-state index contributed by atoms with van der Waals surface area (Å²) in [5.41, 5.74) is 0.959. The Morgan fingerprint density at radius 1 is 1.53 bits per heavy atom. The molecule has 0 radical (unpaired) electrons. The van der Waals surface area contributed by atoms with Crippen LogP contribution >= 0.6 is 0 Å². The van der Waals surface area contributed by atoms with Crippen molar-refractivity contribution in [2.75, 3.05) is 31.5 Å². The number of benzene rings is 1. The minimum absolute atomic E-state index is 0.0841. The molecule has 0 spiro atoms. The van der Waals surface area contributed by atoms with E-state index in [9.17, 15) is 14.0 Å². The minimum atomic E-state index is -0.454. The van der Waals surface area contributed by atoms with E-state index in [-0.39, 0.29) is 30.6 Å². The van der Waals surface area contributed by atoms with Crippen molar-refractivity contribution in [2.45, 2.75) is 6.92 Å². The van der Waals surface area contributed by atoms with E-state index < -0.39 is 5.82 Å². The van der Waals surface area contributed by atoms with Crippen LogP contribution in [0.15, 0.2) is 18.2 Å². The quantitative estimate of drug-likeness (QED) is 0.837. The largest absolute Gasteiger partial charge is 0.354 e. The van der Waals surface area contributed by atoms with Gasteiger partial charge in [-0.05, 0) is 24.6 Å². The molecule has 0 unspecified atom stereocenters. The van der Waals surface area contributed by atoms with Gasteiger partial charge in [0.15, 0.2) is 0 Å². The predicted molar refractivity (Wildman–Crippen MR) is 69.2 cm³/mol. The second-order valence-electron chi connectivity index (χ2n) is 4.59. The van der Waals surface area contributed by atoms with Crippen molar-refractivity contribution in [2.24, 2.45) is 0 Å². The molecule has 6 heteroatoms. The Bertz CT molecular complexity index is 505. The van der Waals surface area contributed by atoms with Gasteiger partial charge in [0.2, 0.25) is 11.8 Å². The van der Waals surface area contributed by atoms with Crippen molar-refractivity contribution in [3.05, 3.63) is 29.6 Å². The predicted octanol–water partition coefficient (Wildman–Crippen LogP) is 0.504. The number of rotatable bonds is 3. The van der Waals surface area contributed by atoms with Gasteiger partial charge in [0.05, 0.1) is 18.8 Å². The van der Waals surface area contributed by atoms with Gasteiger partial charge >= 0.3 is 0 Å². The highest BCUT2D eigenvalue weighted by Crippen LogP contribution is 2.15. The number of aryl methyl sites for hydroxylation is 1. The summed E-state index contributed by atoms with van der Waals surface area (Å²) >= 11 is 0. The normalized spacial score (nSPS) is 16.0. The number of anilines is 1. The van der Waals surface area contributed by atoms with E-state index in [0.29, 0.717) is 13.1 Å². The van der Waals surface area contributed by atoms with Crippen LogP contribution in [0.4, 0.5) is 10.1 Å². The van der Waals surface area contributed by atoms with E-state index in [1.54, 1.807) is 17.9 Å². The Kier molecular flexibility index (Phi) is 4.11. The Balaban J connectivity index is 1.92. The summed E-state index contributed by atoms with van der Waals surface area (Å²) in [6.07, 6.45) is 0. The number of hydrogen-bond acceptors (Lipinski definition) is 3. The second-order valence-corrected chi connectivity index (χ2v) is 4.59. The number of nitrogens with one attached hydrogen (secondary N) is 2. The number of hydrogen-bond donors (Lipinski definition) is 2. The number of amides is 2. The van der Waals surface area contributed by atoms with Crippen LogP contribution < -0.4 is 10.6 Å². The molecule has 1 aromatic carbocycles. The van der Waals surface area contributed by atoms with Crippen molar-refractivity contribution in [3.63, 3.8) is 0 Å². The van der Waals surface area contributed by atoms with E-state index in [1.807, 2.05) is 0 Å². The lowest BCUT2D eigenvalue weighted by atomic mass is 10.2. The molecule has 5 nitrogen and oxygen atoms in total. The number of carbonyl (C=O) groups excluding carboxylic acids is 2. The van der Waals surface area contributed by atoms with Crippen molar-refractivity contribution in [1.82, 2.24) is 10.2 Å². The van der Waals surface area contributed by atoms with Gasteiger partial charge in [-0.1, -0.05) is 6.07 Å². The van der Waals surface area contributed by atoms with Crippen LogP contribution in [-0.4, -0.2) is 42.9 Å². The van der Waals surface area contributed by atoms with Crippen molar-refractivity contribution in [3.8, 4) is 0 Å². The van der Waals surface area contributed by atoms with Gasteiger partial charge in [-0.15, -0.1) is 0 Å². The zero-order valence-electron chi connectivity index (χ0n) is 10.7. The topological polar surface area (TPSA) is 61.4 Å². The zero-order valence-corrected chi connectivity index (χ0v) is 10.7. The van der Waals surface area contributed by atoms with Gasteiger partial charge in [0.1, 0.15) is 5.82 Å². The lowest BCUT2D eigenvalue weighted by molar-refractivity contribution is -0.125. The number of piperazine rings is 1. The van der Waals surface area contributed by atoms with E-state index in [2.05, 4.69) is 10.6 Å². The first-order valence-corrected chi connectivity index (χ1v) is 6.09. The highest BCUT2D eigenvalue weighted by atomic mass is 19.1. The molecule has 1 aliphatic rings. The minimum Gasteiger partial charge on any atom is -0.354 e. The van der Waals surface area contributed by atoms with Gasteiger partial charge < -0.3 is 10.6 Å². The van der Waals surface area contributed by atoms with Gasteiger partial charge in [-0.3, -0.25) is 14.5 Å². The fourth-order valence-electron chi connectivity index (χ4n) is 1.94. The Morgan fingerprint density at radius 2 is 2.32 bits per heavy atom. The van der Waals surface area contributed by atoms with Crippen molar-refractivity contribution in [1.29, 1.82) is 0 Å². The van der Waals surface area contributed by atoms with Gasteiger partial charge in [-0.2, -0.15) is 0 Å². The molecule has 1 heterocycles. The van der Waals surface area contributed by atoms with Crippen LogP contribution in [0.5, 0.6) is 0 Å². The summed E-state index contributed by atoms with van der Waals surface area (Å²) in [5.74, 6) is -0.872. The summed E-state index contributed by atoms with van der Waals surface area (Å²) in [5, 5.41) is 5.19. The fraction of sp³-hybridized carbons (Fsp3) is 0.385. The van der Waals surface area contributed by atoms with E-state index in [4.69, 9.17) is 0 Å². The first-order chi connectivity index (χ1) is 9.04. The molecule has 0 saturated carbocycles. The van der Waals surface area contributed by atoms with Gasteiger partial charge in [-0.25, -0.2) is 4.39 Å². The third-order valence-electron chi connectivity index (χ3n) is 2.88. The molecular formula is C13H16FN3O2. The van der Waals surface area contributed by atoms with E-state index in [0.717, 1.165) is 5.56 Å². The van der Waals surface area contributed by atoms with Gasteiger partial charge in [0, 0.05) is 13.1 Å². The van der Waals surface area contributed by atoms with Crippen molar-refractivity contribution < 1.29 is 14.0 Å². The molecule has 0 atom stereocenters. The van der Waals surface area contributed by atoms with Crippen LogP contribution in [0.25, 0.3) is 0 Å². The van der Waals surface area contributed by atoms with Crippen LogP contribution in [0.1, 0.15) is 5.56 Å². The maximum absolute atomic E-state index is 13.6. The maximum atomic E-state index is 13.6. The molecule has 0 aliphatic carbocycles. The lowest BCUT2D eigenvalue weighted by Gasteiger charge is -2.25. The van der Waals surface area contributed by atoms with Gasteiger partial charge in [0.25, 0.3) is 0 Å². The molecular weight excluding hydrogens is 249 g/mol. The van der Waals surface area contributed by atoms with E-state index in [1.165, 1.54) is 12.1 Å². The highest BCUT2D eigenvalue weighted by Gasteiger charge is 2.18. The molecule has 0 aromatic heterocycles. The Hall–Kier alpha value is -1.95. The Morgan fingerprint density at radius 3 is 3.00 bits per heavy atom. The molecule has 0 bridgehead atoms. The van der Waals surface area contributed by atoms with Crippen molar-refractivity contribution >= 4 is 17.5 Å². The third kappa shape index (κ3) is 3.75. The zero-order chi connectivity index (χ0) is 13.8. The number of carbonyl (C=O) groups is 2. The standard InChI is InChI=1S/C13H16FN3O2/c1-9-2-3-11(10(14)6-9)16-13(19)8-17-5-4-15-12(18)7-17/h2-3,6H,4-5,7-8H2,1H3,(H,15,18)(H,16,19). The van der Waals surface area contributed by atoms with Crippen LogP contribution in [0, 0.1) is 12.7 Å². The highest BCUT2D eigenvalue weighted by molar-refractivity contribution is 5.92. The summed E-state index contributed by atoms with van der Waals surface area (Å²) < 4.78 is 13.6. The summed E-state index contributed by atoms with van der Waals surface area (Å²) in [6, 6.07) is 4.63.